The average molecular weight is 227 g/mol. The van der Waals surface area contributed by atoms with Crippen molar-refractivity contribution in [2.75, 3.05) is 19.0 Å². The monoisotopic (exact) mass is 227 g/mol. The maximum absolute atomic E-state index is 5.37. The van der Waals surface area contributed by atoms with Crippen LogP contribution in [-0.2, 0) is 6.54 Å². The minimum Gasteiger partial charge on any atom is -0.313 e. The van der Waals surface area contributed by atoms with Crippen LogP contribution in [0.2, 0.25) is 0 Å². The SMILES string of the molecule is CN(Cc1nnsc1NN)CC1CCC1. The Labute approximate surface area is 93.8 Å². The van der Waals surface area contributed by atoms with Gasteiger partial charge in [0, 0.05) is 24.6 Å². The fraction of sp³-hybridized carbons (Fsp3) is 0.778. The van der Waals surface area contributed by atoms with E-state index in [-0.39, 0.29) is 0 Å². The van der Waals surface area contributed by atoms with Crippen LogP contribution >= 0.6 is 11.5 Å². The second kappa shape index (κ2) is 4.87. The van der Waals surface area contributed by atoms with Crippen LogP contribution in [0.25, 0.3) is 0 Å². The predicted octanol–water partition coefficient (Wildman–Crippen LogP) is 1.06. The van der Waals surface area contributed by atoms with Gasteiger partial charge in [-0.3, -0.25) is 0 Å². The van der Waals surface area contributed by atoms with Crippen molar-refractivity contribution in [1.82, 2.24) is 14.5 Å². The first-order valence-corrected chi connectivity index (χ1v) is 6.03. The van der Waals surface area contributed by atoms with Gasteiger partial charge in [-0.1, -0.05) is 10.9 Å². The van der Waals surface area contributed by atoms with Gasteiger partial charge in [0.25, 0.3) is 0 Å². The molecule has 1 aliphatic rings. The largest absolute Gasteiger partial charge is 0.313 e. The van der Waals surface area contributed by atoms with Crippen LogP contribution in [0, 0.1) is 5.92 Å². The van der Waals surface area contributed by atoms with Gasteiger partial charge in [0.2, 0.25) is 0 Å². The molecule has 0 spiro atoms. The summed E-state index contributed by atoms with van der Waals surface area (Å²) in [7, 11) is 2.12. The minimum absolute atomic E-state index is 0.826. The molecule has 6 heteroatoms. The number of aromatic nitrogens is 2. The Hall–Kier alpha value is -0.720. The molecule has 0 unspecified atom stereocenters. The Morgan fingerprint density at radius 3 is 3.00 bits per heavy atom. The minimum atomic E-state index is 0.826. The molecule has 2 rings (SSSR count). The molecule has 1 saturated carbocycles. The molecule has 3 N–H and O–H groups in total. The van der Waals surface area contributed by atoms with E-state index in [1.165, 1.54) is 30.8 Å². The molecular weight excluding hydrogens is 210 g/mol. The van der Waals surface area contributed by atoms with Crippen molar-refractivity contribution >= 4 is 16.5 Å². The molecule has 1 aliphatic carbocycles. The quantitative estimate of drug-likeness (QED) is 0.581. The summed E-state index contributed by atoms with van der Waals surface area (Å²) in [5, 5.41) is 4.93. The Morgan fingerprint density at radius 2 is 2.40 bits per heavy atom. The molecule has 5 nitrogen and oxygen atoms in total. The van der Waals surface area contributed by atoms with Crippen molar-refractivity contribution in [3.8, 4) is 0 Å². The summed E-state index contributed by atoms with van der Waals surface area (Å²) in [6.45, 7) is 1.98. The number of hydrogen-bond acceptors (Lipinski definition) is 6. The molecule has 1 aromatic rings. The highest BCUT2D eigenvalue weighted by atomic mass is 32.1. The third kappa shape index (κ3) is 2.64. The zero-order valence-electron chi connectivity index (χ0n) is 8.94. The Kier molecular flexibility index (Phi) is 3.50. The first-order valence-electron chi connectivity index (χ1n) is 5.26. The molecule has 0 radical (unpaired) electrons. The Balaban J connectivity index is 1.84. The van der Waals surface area contributed by atoms with Gasteiger partial charge in [0.1, 0.15) is 10.7 Å². The summed E-state index contributed by atoms with van der Waals surface area (Å²) in [6, 6.07) is 0. The topological polar surface area (TPSA) is 67.1 Å². The highest BCUT2D eigenvalue weighted by Crippen LogP contribution is 2.27. The van der Waals surface area contributed by atoms with Crippen LogP contribution in [-0.4, -0.2) is 28.1 Å². The van der Waals surface area contributed by atoms with E-state index in [2.05, 4.69) is 27.0 Å². The molecule has 15 heavy (non-hydrogen) atoms. The summed E-state index contributed by atoms with van der Waals surface area (Å²) >= 11 is 1.31. The molecule has 0 saturated heterocycles. The fourth-order valence-electron chi connectivity index (χ4n) is 1.86. The highest BCUT2D eigenvalue weighted by Gasteiger charge is 2.20. The summed E-state index contributed by atoms with van der Waals surface area (Å²) < 4.78 is 3.88. The zero-order chi connectivity index (χ0) is 10.7. The van der Waals surface area contributed by atoms with E-state index in [1.54, 1.807) is 0 Å². The fourth-order valence-corrected chi connectivity index (χ4v) is 2.34. The number of nitrogens with two attached hydrogens (primary N) is 1. The molecule has 0 amide bonds. The first kappa shape index (κ1) is 10.8. The zero-order valence-corrected chi connectivity index (χ0v) is 9.76. The van der Waals surface area contributed by atoms with Crippen LogP contribution in [0.15, 0.2) is 0 Å². The van der Waals surface area contributed by atoms with Gasteiger partial charge < -0.3 is 10.3 Å². The molecular formula is C9H17N5S. The third-order valence-electron chi connectivity index (χ3n) is 2.90. The van der Waals surface area contributed by atoms with E-state index < -0.39 is 0 Å². The highest BCUT2D eigenvalue weighted by molar-refractivity contribution is 7.10. The Bertz CT molecular complexity index is 309. The van der Waals surface area contributed by atoms with Gasteiger partial charge in [-0.2, -0.15) is 0 Å². The lowest BCUT2D eigenvalue weighted by Crippen LogP contribution is -2.29. The van der Waals surface area contributed by atoms with Gasteiger partial charge in [0.15, 0.2) is 0 Å². The van der Waals surface area contributed by atoms with Crippen molar-refractivity contribution in [1.29, 1.82) is 0 Å². The second-order valence-corrected chi connectivity index (χ2v) is 4.94. The number of anilines is 1. The van der Waals surface area contributed by atoms with Crippen LogP contribution < -0.4 is 11.3 Å². The molecule has 0 aliphatic heterocycles. The lowest BCUT2D eigenvalue weighted by atomic mass is 9.85. The maximum Gasteiger partial charge on any atom is 0.148 e. The average Bonchev–Trinajstić information content (AvgIpc) is 2.59. The van der Waals surface area contributed by atoms with Gasteiger partial charge in [-0.15, -0.1) is 5.10 Å². The number of rotatable bonds is 5. The first-order chi connectivity index (χ1) is 7.29. The van der Waals surface area contributed by atoms with Crippen molar-refractivity contribution < 1.29 is 0 Å². The lowest BCUT2D eigenvalue weighted by Gasteiger charge is -2.29. The van der Waals surface area contributed by atoms with E-state index in [0.29, 0.717) is 0 Å². The lowest BCUT2D eigenvalue weighted by molar-refractivity contribution is 0.199. The second-order valence-electron chi connectivity index (χ2n) is 4.19. The van der Waals surface area contributed by atoms with Gasteiger partial charge in [-0.25, -0.2) is 5.84 Å². The van der Waals surface area contributed by atoms with E-state index >= 15 is 0 Å². The van der Waals surface area contributed by atoms with Gasteiger partial charge >= 0.3 is 0 Å². The van der Waals surface area contributed by atoms with Gasteiger partial charge in [0.05, 0.1) is 0 Å². The van der Waals surface area contributed by atoms with Crippen molar-refractivity contribution in [3.05, 3.63) is 5.69 Å². The number of nitrogens with one attached hydrogen (secondary N) is 1. The smallest absolute Gasteiger partial charge is 0.148 e. The summed E-state index contributed by atoms with van der Waals surface area (Å²) in [5.74, 6) is 6.26. The summed E-state index contributed by atoms with van der Waals surface area (Å²) in [5.41, 5.74) is 3.58. The number of nitrogen functional groups attached to an aromatic ring is 1. The van der Waals surface area contributed by atoms with Crippen LogP contribution in [0.4, 0.5) is 5.00 Å². The predicted molar refractivity (Wildman–Crippen MR) is 61.4 cm³/mol. The van der Waals surface area contributed by atoms with Crippen LogP contribution in [0.3, 0.4) is 0 Å². The maximum atomic E-state index is 5.37. The number of nitrogens with zero attached hydrogens (tertiary/aromatic N) is 3. The van der Waals surface area contributed by atoms with E-state index in [4.69, 9.17) is 5.84 Å². The summed E-state index contributed by atoms with van der Waals surface area (Å²) in [4.78, 5) is 2.29. The Morgan fingerprint density at radius 1 is 1.60 bits per heavy atom. The van der Waals surface area contributed by atoms with E-state index in [0.717, 1.165) is 29.7 Å². The van der Waals surface area contributed by atoms with Crippen molar-refractivity contribution in [2.45, 2.75) is 25.8 Å². The van der Waals surface area contributed by atoms with Crippen molar-refractivity contribution in [3.63, 3.8) is 0 Å². The van der Waals surface area contributed by atoms with E-state index in [9.17, 15) is 0 Å². The summed E-state index contributed by atoms with van der Waals surface area (Å²) in [6.07, 6.45) is 4.15. The third-order valence-corrected chi connectivity index (χ3v) is 3.60. The van der Waals surface area contributed by atoms with Crippen LogP contribution in [0.1, 0.15) is 25.0 Å². The van der Waals surface area contributed by atoms with Crippen molar-refractivity contribution in [2.24, 2.45) is 11.8 Å². The molecule has 0 atom stereocenters. The molecule has 1 fully saturated rings. The standard InChI is InChI=1S/C9H17N5S/c1-14(5-7-3-2-4-7)6-8-9(11-10)15-13-12-8/h7,11H,2-6,10H2,1H3. The molecule has 1 heterocycles. The molecule has 0 bridgehead atoms. The van der Waals surface area contributed by atoms with E-state index in [1.807, 2.05) is 0 Å². The molecule has 0 aromatic carbocycles. The normalized spacial score (nSPS) is 16.7. The van der Waals surface area contributed by atoms with Gasteiger partial charge in [-0.05, 0) is 25.8 Å². The molecule has 84 valence electrons. The number of hydrogen-bond donors (Lipinski definition) is 2. The number of hydrazine groups is 1. The van der Waals surface area contributed by atoms with Crippen LogP contribution in [0.5, 0.6) is 0 Å². The molecule has 1 aromatic heterocycles.